The quantitative estimate of drug-likeness (QED) is 0.544. The van der Waals surface area contributed by atoms with Crippen LogP contribution in [0.4, 0.5) is 4.79 Å². The molecule has 2 heterocycles. The first-order valence-electron chi connectivity index (χ1n) is 12.6. The van der Waals surface area contributed by atoms with E-state index in [-0.39, 0.29) is 24.7 Å². The van der Waals surface area contributed by atoms with Crippen LogP contribution in [0.5, 0.6) is 0 Å². The molecule has 2 unspecified atom stereocenters. The van der Waals surface area contributed by atoms with Crippen molar-refractivity contribution in [1.82, 2.24) is 15.6 Å². The summed E-state index contributed by atoms with van der Waals surface area (Å²) in [7, 11) is 0. The minimum atomic E-state index is -0.809. The Morgan fingerprint density at radius 2 is 1.89 bits per heavy atom. The van der Waals surface area contributed by atoms with Gasteiger partial charge >= 0.3 is 6.09 Å². The number of amides is 2. The lowest BCUT2D eigenvalue weighted by Gasteiger charge is -2.22. The molecule has 2 atom stereocenters. The van der Waals surface area contributed by atoms with E-state index in [0.29, 0.717) is 32.2 Å². The molecule has 1 aromatic carbocycles. The summed E-state index contributed by atoms with van der Waals surface area (Å²) >= 11 is 0. The van der Waals surface area contributed by atoms with Crippen LogP contribution in [-0.4, -0.2) is 41.1 Å². The Labute approximate surface area is 212 Å². The number of aromatic nitrogens is 1. The van der Waals surface area contributed by atoms with Crippen molar-refractivity contribution in [3.8, 4) is 0 Å². The number of carbonyl (C=O) groups is 4. The van der Waals surface area contributed by atoms with Crippen molar-refractivity contribution in [2.24, 2.45) is 11.8 Å². The molecule has 0 saturated carbocycles. The molecule has 0 aliphatic carbocycles. The van der Waals surface area contributed by atoms with Gasteiger partial charge in [-0.05, 0) is 60.8 Å². The van der Waals surface area contributed by atoms with Crippen LogP contribution in [0, 0.1) is 11.8 Å². The summed E-state index contributed by atoms with van der Waals surface area (Å²) in [6.45, 7) is 4.38. The predicted octanol–water partition coefficient (Wildman–Crippen LogP) is 3.56. The van der Waals surface area contributed by atoms with Crippen LogP contribution in [0.3, 0.4) is 0 Å². The maximum absolute atomic E-state index is 13.3. The minimum absolute atomic E-state index is 0.0873. The number of nitrogens with one attached hydrogen (secondary N) is 2. The van der Waals surface area contributed by atoms with Crippen LogP contribution in [0.2, 0.25) is 0 Å². The molecule has 192 valence electrons. The average Bonchev–Trinajstić information content (AvgIpc) is 2.89. The van der Waals surface area contributed by atoms with Crippen molar-refractivity contribution in [2.75, 3.05) is 6.54 Å². The smallest absolute Gasteiger partial charge is 0.408 e. The van der Waals surface area contributed by atoms with Gasteiger partial charge in [0, 0.05) is 31.3 Å². The van der Waals surface area contributed by atoms with Crippen LogP contribution < -0.4 is 10.6 Å². The van der Waals surface area contributed by atoms with Gasteiger partial charge in [-0.1, -0.05) is 44.2 Å². The highest BCUT2D eigenvalue weighted by atomic mass is 16.5. The highest BCUT2D eigenvalue weighted by molar-refractivity contribution is 6.37. The van der Waals surface area contributed by atoms with Crippen molar-refractivity contribution in [1.29, 1.82) is 0 Å². The van der Waals surface area contributed by atoms with E-state index < -0.39 is 29.7 Å². The number of hydrogen-bond donors (Lipinski definition) is 2. The summed E-state index contributed by atoms with van der Waals surface area (Å²) in [4.78, 5) is 55.4. The van der Waals surface area contributed by atoms with E-state index in [9.17, 15) is 19.2 Å². The highest BCUT2D eigenvalue weighted by Crippen LogP contribution is 2.21. The lowest BCUT2D eigenvalue weighted by atomic mass is 9.86. The number of alkyl carbamates (subject to hydrolysis) is 1. The summed E-state index contributed by atoms with van der Waals surface area (Å²) in [5.74, 6) is -2.19. The largest absolute Gasteiger partial charge is 0.445 e. The molecule has 1 aliphatic heterocycles. The Balaban J connectivity index is 1.69. The van der Waals surface area contributed by atoms with Crippen LogP contribution >= 0.6 is 0 Å². The normalized spacial score (nSPS) is 17.4. The third kappa shape index (κ3) is 8.29. The Bertz CT molecular complexity index is 1050. The molecule has 2 amide bonds. The Kier molecular flexibility index (Phi) is 10.2. The van der Waals surface area contributed by atoms with Gasteiger partial charge in [0.05, 0.1) is 6.04 Å². The number of benzene rings is 1. The first-order valence-corrected chi connectivity index (χ1v) is 12.6. The number of aryl methyl sites for hydroxylation is 2. The fraction of sp³-hybridized carbons (Fsp3) is 0.464. The van der Waals surface area contributed by atoms with Gasteiger partial charge < -0.3 is 15.4 Å². The molecule has 36 heavy (non-hydrogen) atoms. The molecule has 2 aromatic rings. The van der Waals surface area contributed by atoms with E-state index in [1.165, 1.54) is 0 Å². The zero-order valence-corrected chi connectivity index (χ0v) is 21.0. The van der Waals surface area contributed by atoms with Gasteiger partial charge in [-0.2, -0.15) is 0 Å². The molecule has 2 N–H and O–H groups in total. The number of ketones is 2. The fourth-order valence-electron chi connectivity index (χ4n) is 4.37. The van der Waals surface area contributed by atoms with Crippen LogP contribution in [0.25, 0.3) is 0 Å². The Morgan fingerprint density at radius 3 is 2.64 bits per heavy atom. The molecule has 1 aliphatic rings. The zero-order chi connectivity index (χ0) is 25.9. The second kappa shape index (κ2) is 13.5. The zero-order valence-electron chi connectivity index (χ0n) is 21.0. The topological polar surface area (TPSA) is 114 Å². The number of fused-ring (bicyclic) bond motifs is 1. The summed E-state index contributed by atoms with van der Waals surface area (Å²) in [6, 6.07) is 10.4. The molecule has 0 radical (unpaired) electrons. The molecule has 0 bridgehead atoms. The number of Topliss-reactive ketones (excluding diaryl/α,β-unsaturated/α-hetero) is 2. The van der Waals surface area contributed by atoms with Crippen molar-refractivity contribution < 1.29 is 23.9 Å². The molecule has 8 heteroatoms. The third-order valence-electron chi connectivity index (χ3n) is 6.32. The van der Waals surface area contributed by atoms with Gasteiger partial charge in [0.2, 0.25) is 5.78 Å². The van der Waals surface area contributed by atoms with Gasteiger partial charge in [0.25, 0.3) is 5.91 Å². The van der Waals surface area contributed by atoms with Gasteiger partial charge in [-0.15, -0.1) is 0 Å². The lowest BCUT2D eigenvalue weighted by molar-refractivity contribution is -0.141. The van der Waals surface area contributed by atoms with E-state index in [0.717, 1.165) is 23.1 Å². The lowest BCUT2D eigenvalue weighted by Crippen LogP contribution is -2.44. The maximum Gasteiger partial charge on any atom is 0.408 e. The highest BCUT2D eigenvalue weighted by Gasteiger charge is 2.31. The molecular weight excluding hydrogens is 458 g/mol. The first-order chi connectivity index (χ1) is 17.3. The van der Waals surface area contributed by atoms with E-state index in [4.69, 9.17) is 4.74 Å². The van der Waals surface area contributed by atoms with Crippen LogP contribution in [0.15, 0.2) is 48.8 Å². The van der Waals surface area contributed by atoms with Crippen LogP contribution in [0.1, 0.15) is 56.2 Å². The van der Waals surface area contributed by atoms with Crippen molar-refractivity contribution in [3.05, 3.63) is 65.5 Å². The van der Waals surface area contributed by atoms with Crippen molar-refractivity contribution >= 4 is 23.6 Å². The fourth-order valence-corrected chi connectivity index (χ4v) is 4.37. The maximum atomic E-state index is 13.3. The molecule has 0 spiro atoms. The molecular formula is C28H35N3O5. The van der Waals surface area contributed by atoms with E-state index in [1.54, 1.807) is 12.4 Å². The monoisotopic (exact) mass is 493 g/mol. The molecule has 0 saturated heterocycles. The van der Waals surface area contributed by atoms with Gasteiger partial charge in [0.1, 0.15) is 6.61 Å². The minimum Gasteiger partial charge on any atom is -0.445 e. The SMILES string of the molecule is CC(C)CC(NC(=O)OCc1ccccc1)C(=O)CC1CCc2cnccc2CCCNC(=O)C1=O. The molecule has 0 fully saturated rings. The second-order valence-corrected chi connectivity index (χ2v) is 9.66. The number of ether oxygens (including phenoxy) is 1. The summed E-state index contributed by atoms with van der Waals surface area (Å²) < 4.78 is 5.30. The summed E-state index contributed by atoms with van der Waals surface area (Å²) in [6.07, 6.45) is 5.50. The van der Waals surface area contributed by atoms with Crippen molar-refractivity contribution in [2.45, 2.75) is 65.0 Å². The first kappa shape index (κ1) is 27.0. The van der Waals surface area contributed by atoms with E-state index in [1.807, 2.05) is 50.2 Å². The van der Waals surface area contributed by atoms with E-state index >= 15 is 0 Å². The van der Waals surface area contributed by atoms with Crippen molar-refractivity contribution in [3.63, 3.8) is 0 Å². The molecule has 1 aromatic heterocycles. The second-order valence-electron chi connectivity index (χ2n) is 9.66. The van der Waals surface area contributed by atoms with Gasteiger partial charge in [-0.3, -0.25) is 19.4 Å². The third-order valence-corrected chi connectivity index (χ3v) is 6.32. The summed E-state index contributed by atoms with van der Waals surface area (Å²) in [5, 5.41) is 5.36. The summed E-state index contributed by atoms with van der Waals surface area (Å²) in [5.41, 5.74) is 3.00. The Morgan fingerprint density at radius 1 is 1.11 bits per heavy atom. The van der Waals surface area contributed by atoms with Gasteiger partial charge in [-0.25, -0.2) is 4.79 Å². The predicted molar refractivity (Wildman–Crippen MR) is 135 cm³/mol. The van der Waals surface area contributed by atoms with E-state index in [2.05, 4.69) is 15.6 Å². The Hall–Kier alpha value is -3.55. The average molecular weight is 494 g/mol. The number of carbonyl (C=O) groups excluding carboxylic acids is 4. The number of rotatable bonds is 8. The standard InChI is InChI=1S/C28H35N3O5/c1-19(2)15-24(31-28(35)36-18-20-7-4-3-5-8-20)25(32)16-22-10-11-23-17-29-14-12-21(23)9-6-13-30-27(34)26(22)33/h3-5,7-8,12,14,17,19,22,24H,6,9-11,13,15-16,18H2,1-2H3,(H,30,34)(H,31,35). The molecule has 8 nitrogen and oxygen atoms in total. The van der Waals surface area contributed by atoms with Gasteiger partial charge in [0.15, 0.2) is 5.78 Å². The van der Waals surface area contributed by atoms with Crippen LogP contribution in [-0.2, 0) is 38.6 Å². The number of nitrogens with zero attached hydrogens (tertiary/aromatic N) is 1. The number of pyridine rings is 1. The molecule has 3 rings (SSSR count). The number of hydrogen-bond acceptors (Lipinski definition) is 6.